The first kappa shape index (κ1) is 7.80. The summed E-state index contributed by atoms with van der Waals surface area (Å²) < 4.78 is 2.31. The van der Waals surface area contributed by atoms with E-state index in [1.807, 2.05) is 0 Å². The Kier molecular flexibility index (Phi) is 1.89. The molecule has 0 amide bonds. The van der Waals surface area contributed by atoms with Crippen LogP contribution in [-0.2, 0) is 0 Å². The molecule has 0 bridgehead atoms. The van der Waals surface area contributed by atoms with Crippen LogP contribution >= 0.6 is 0 Å². The molecule has 0 radical (unpaired) electrons. The van der Waals surface area contributed by atoms with E-state index >= 15 is 0 Å². The number of hydrogen-bond acceptors (Lipinski definition) is 2. The number of fused-ring (bicyclic) bond motifs is 1. The molecule has 66 valence electrons. The highest BCUT2D eigenvalue weighted by molar-refractivity contribution is 5.53. The summed E-state index contributed by atoms with van der Waals surface area (Å²) in [6, 6.07) is 0.988. The standard InChI is InChI=1S/C9H16N3/c1-2-8(10)5-11-4-3-9-6-12(9)7-11/h3-4,7-9H,2,5-6,10H2,1H3/q+1. The lowest BCUT2D eigenvalue weighted by Gasteiger charge is -2.13. The number of hydrogen-bond donors (Lipinski definition) is 1. The van der Waals surface area contributed by atoms with E-state index in [9.17, 15) is 0 Å². The quantitative estimate of drug-likeness (QED) is 0.472. The van der Waals surface area contributed by atoms with E-state index < -0.39 is 0 Å². The van der Waals surface area contributed by atoms with Crippen LogP contribution in [0.5, 0.6) is 0 Å². The molecule has 0 aromatic rings. The second-order valence-corrected chi connectivity index (χ2v) is 3.59. The first-order valence-electron chi connectivity index (χ1n) is 4.60. The van der Waals surface area contributed by atoms with Gasteiger partial charge in [0.1, 0.15) is 13.1 Å². The molecule has 12 heavy (non-hydrogen) atoms. The maximum Gasteiger partial charge on any atom is 0.239 e. The molecule has 2 unspecified atom stereocenters. The molecule has 2 rings (SSSR count). The van der Waals surface area contributed by atoms with Crippen LogP contribution in [0.3, 0.4) is 0 Å². The summed E-state index contributed by atoms with van der Waals surface area (Å²) in [5.74, 6) is 0. The van der Waals surface area contributed by atoms with Crippen LogP contribution in [0.15, 0.2) is 12.3 Å². The lowest BCUT2D eigenvalue weighted by molar-refractivity contribution is -0.354. The van der Waals surface area contributed by atoms with Gasteiger partial charge in [0.2, 0.25) is 6.34 Å². The molecule has 0 aromatic heterocycles. The topological polar surface area (TPSA) is 32.3 Å². The molecular weight excluding hydrogens is 150 g/mol. The molecular formula is C9H16N3+. The van der Waals surface area contributed by atoms with E-state index in [0.717, 1.165) is 13.0 Å². The highest BCUT2D eigenvalue weighted by Crippen LogP contribution is 2.14. The van der Waals surface area contributed by atoms with Gasteiger partial charge in [-0.15, -0.1) is 0 Å². The van der Waals surface area contributed by atoms with Crippen LogP contribution in [0, 0.1) is 0 Å². The van der Waals surface area contributed by atoms with Gasteiger partial charge in [-0.25, -0.2) is 4.90 Å². The molecule has 3 heteroatoms. The van der Waals surface area contributed by atoms with Gasteiger partial charge >= 0.3 is 0 Å². The zero-order valence-corrected chi connectivity index (χ0v) is 7.48. The van der Waals surface area contributed by atoms with Crippen molar-refractivity contribution >= 4 is 6.34 Å². The zero-order chi connectivity index (χ0) is 8.55. The van der Waals surface area contributed by atoms with Crippen LogP contribution < -0.4 is 5.73 Å². The SMILES string of the molecule is CCC(N)CN1C=CC2C[N+]2=C1. The molecule has 2 atom stereocenters. The van der Waals surface area contributed by atoms with Crippen molar-refractivity contribution in [3.63, 3.8) is 0 Å². The Morgan fingerprint density at radius 1 is 1.75 bits per heavy atom. The zero-order valence-electron chi connectivity index (χ0n) is 7.48. The largest absolute Gasteiger partial charge is 0.324 e. The van der Waals surface area contributed by atoms with Gasteiger partial charge in [-0.3, -0.25) is 4.58 Å². The van der Waals surface area contributed by atoms with Crippen molar-refractivity contribution in [3.05, 3.63) is 12.3 Å². The van der Waals surface area contributed by atoms with E-state index in [1.54, 1.807) is 0 Å². The Hall–Kier alpha value is -0.830. The number of nitrogens with two attached hydrogens (primary N) is 1. The van der Waals surface area contributed by atoms with E-state index in [0.29, 0.717) is 12.1 Å². The summed E-state index contributed by atoms with van der Waals surface area (Å²) in [4.78, 5) is 2.18. The van der Waals surface area contributed by atoms with Gasteiger partial charge < -0.3 is 5.73 Å². The van der Waals surface area contributed by atoms with Crippen molar-refractivity contribution in [1.29, 1.82) is 0 Å². The van der Waals surface area contributed by atoms with Gasteiger partial charge in [-0.1, -0.05) is 6.92 Å². The van der Waals surface area contributed by atoms with Crippen LogP contribution in [0.1, 0.15) is 13.3 Å². The lowest BCUT2D eigenvalue weighted by Crippen LogP contribution is -2.35. The van der Waals surface area contributed by atoms with E-state index in [2.05, 4.69) is 35.0 Å². The van der Waals surface area contributed by atoms with Crippen molar-refractivity contribution in [2.45, 2.75) is 25.4 Å². The molecule has 0 saturated carbocycles. The number of nitrogens with zero attached hydrogens (tertiary/aromatic N) is 2. The first-order chi connectivity index (χ1) is 5.79. The molecule has 0 aliphatic carbocycles. The molecule has 1 saturated heterocycles. The third-order valence-electron chi connectivity index (χ3n) is 2.46. The van der Waals surface area contributed by atoms with Crippen molar-refractivity contribution in [3.8, 4) is 0 Å². The second kappa shape index (κ2) is 2.90. The molecule has 1 fully saturated rings. The van der Waals surface area contributed by atoms with Gasteiger partial charge in [0.25, 0.3) is 0 Å². The average Bonchev–Trinajstić information content (AvgIpc) is 2.82. The summed E-state index contributed by atoms with van der Waals surface area (Å²) in [7, 11) is 0. The fourth-order valence-electron chi connectivity index (χ4n) is 1.42. The van der Waals surface area contributed by atoms with Crippen molar-refractivity contribution in [2.24, 2.45) is 5.73 Å². The summed E-state index contributed by atoms with van der Waals surface area (Å²) in [5.41, 5.74) is 5.85. The molecule has 0 aromatic carbocycles. The molecule has 2 aliphatic rings. The average molecular weight is 166 g/mol. The van der Waals surface area contributed by atoms with Gasteiger partial charge in [0.05, 0.1) is 6.20 Å². The van der Waals surface area contributed by atoms with Gasteiger partial charge in [0, 0.05) is 12.1 Å². The maximum atomic E-state index is 5.85. The molecule has 0 spiro atoms. The predicted molar refractivity (Wildman–Crippen MR) is 49.1 cm³/mol. The minimum absolute atomic E-state index is 0.294. The summed E-state index contributed by atoms with van der Waals surface area (Å²) in [5, 5.41) is 0. The van der Waals surface area contributed by atoms with Crippen LogP contribution in [0.4, 0.5) is 0 Å². The smallest absolute Gasteiger partial charge is 0.239 e. The van der Waals surface area contributed by atoms with E-state index in [-0.39, 0.29) is 0 Å². The summed E-state index contributed by atoms with van der Waals surface area (Å²) in [6.45, 7) is 4.25. The highest BCUT2D eigenvalue weighted by Gasteiger charge is 2.35. The Morgan fingerprint density at radius 3 is 3.25 bits per heavy atom. The fraction of sp³-hybridized carbons (Fsp3) is 0.667. The van der Waals surface area contributed by atoms with E-state index in [4.69, 9.17) is 5.73 Å². The lowest BCUT2D eigenvalue weighted by atomic mass is 10.2. The van der Waals surface area contributed by atoms with Crippen LogP contribution in [0.25, 0.3) is 0 Å². The summed E-state index contributed by atoms with van der Waals surface area (Å²) in [6.07, 6.45) is 7.59. The number of rotatable bonds is 3. The molecule has 2 N–H and O–H groups in total. The van der Waals surface area contributed by atoms with Crippen LogP contribution in [0.2, 0.25) is 0 Å². The first-order valence-corrected chi connectivity index (χ1v) is 4.60. The maximum absolute atomic E-state index is 5.85. The highest BCUT2D eigenvalue weighted by atomic mass is 15.3. The van der Waals surface area contributed by atoms with Crippen molar-refractivity contribution in [2.75, 3.05) is 13.1 Å². The Bertz CT molecular complexity index is 232. The molecule has 3 nitrogen and oxygen atoms in total. The monoisotopic (exact) mass is 166 g/mol. The normalized spacial score (nSPS) is 28.0. The Balaban J connectivity index is 1.89. The van der Waals surface area contributed by atoms with Crippen molar-refractivity contribution < 1.29 is 4.58 Å². The van der Waals surface area contributed by atoms with Gasteiger partial charge in [-0.2, -0.15) is 0 Å². The summed E-state index contributed by atoms with van der Waals surface area (Å²) >= 11 is 0. The fourth-order valence-corrected chi connectivity index (χ4v) is 1.42. The molecule has 2 aliphatic heterocycles. The van der Waals surface area contributed by atoms with Crippen molar-refractivity contribution in [1.82, 2.24) is 4.90 Å². The predicted octanol–water partition coefficient (Wildman–Crippen LogP) is -0.0240. The Morgan fingerprint density at radius 2 is 2.58 bits per heavy atom. The minimum atomic E-state index is 0.294. The van der Waals surface area contributed by atoms with Crippen LogP contribution in [-0.4, -0.2) is 41.0 Å². The third kappa shape index (κ3) is 1.50. The van der Waals surface area contributed by atoms with E-state index in [1.165, 1.54) is 6.54 Å². The Labute approximate surface area is 73.2 Å². The van der Waals surface area contributed by atoms with Gasteiger partial charge in [0.15, 0.2) is 6.04 Å². The van der Waals surface area contributed by atoms with Gasteiger partial charge in [-0.05, 0) is 6.42 Å². The second-order valence-electron chi connectivity index (χ2n) is 3.59. The third-order valence-corrected chi connectivity index (χ3v) is 2.46. The molecule has 2 heterocycles. The minimum Gasteiger partial charge on any atom is -0.324 e.